The zero-order valence-electron chi connectivity index (χ0n) is 20.1. The molecule has 2 aromatic carbocycles. The molecule has 1 heterocycles. The van der Waals surface area contributed by atoms with E-state index in [1.165, 1.54) is 6.07 Å². The Balaban J connectivity index is 2.29. The summed E-state index contributed by atoms with van der Waals surface area (Å²) in [5.74, 6) is -1.68. The maximum atomic E-state index is 15.4. The number of rotatable bonds is 4. The van der Waals surface area contributed by atoms with Gasteiger partial charge in [-0.25, -0.2) is 4.39 Å². The van der Waals surface area contributed by atoms with Crippen LogP contribution in [0.15, 0.2) is 48.5 Å². The number of benzene rings is 2. The van der Waals surface area contributed by atoms with Gasteiger partial charge in [0, 0.05) is 22.5 Å². The van der Waals surface area contributed by atoms with E-state index in [0.29, 0.717) is 6.42 Å². The number of hydrogen-bond acceptors (Lipinski definition) is 4. The van der Waals surface area contributed by atoms with Crippen LogP contribution in [-0.2, 0) is 14.9 Å². The fourth-order valence-electron chi connectivity index (χ4n) is 4.83. The standard InChI is InChI=1S/C27H32ClFN2O2/c1-25(2,3)15-21-27(16-30,19-13-12-18(28)14-20(19)29)22(17-10-8-7-9-11-17)23(31-21)24(32)33-26(4,5)6/h7-14,21-23,31H,15H2,1-6H3/t21?,22-,23+,27-/m0/s1. The first-order chi connectivity index (χ1) is 15.3. The summed E-state index contributed by atoms with van der Waals surface area (Å²) in [6, 6.07) is 14.9. The zero-order chi connectivity index (χ0) is 24.6. The lowest BCUT2D eigenvalue weighted by atomic mass is 9.63. The molecule has 33 heavy (non-hydrogen) atoms. The Kier molecular flexibility index (Phi) is 6.94. The molecule has 1 unspecified atom stereocenters. The maximum Gasteiger partial charge on any atom is 0.324 e. The Bertz CT molecular complexity index is 1050. The normalized spacial score (nSPS) is 25.5. The Hall–Kier alpha value is -2.42. The second kappa shape index (κ2) is 9.08. The molecule has 0 bridgehead atoms. The van der Waals surface area contributed by atoms with E-state index in [1.807, 2.05) is 30.3 Å². The number of carbonyl (C=O) groups is 1. The molecule has 1 aliphatic rings. The molecule has 2 aromatic rings. The van der Waals surface area contributed by atoms with E-state index < -0.39 is 40.8 Å². The summed E-state index contributed by atoms with van der Waals surface area (Å²) in [5, 5.41) is 14.4. The van der Waals surface area contributed by atoms with E-state index in [4.69, 9.17) is 16.3 Å². The molecule has 3 rings (SSSR count). The van der Waals surface area contributed by atoms with Crippen LogP contribution in [0.1, 0.15) is 65.0 Å². The molecular weight excluding hydrogens is 439 g/mol. The van der Waals surface area contributed by atoms with Crippen molar-refractivity contribution < 1.29 is 13.9 Å². The van der Waals surface area contributed by atoms with Crippen LogP contribution < -0.4 is 5.32 Å². The van der Waals surface area contributed by atoms with Gasteiger partial charge >= 0.3 is 5.97 Å². The highest BCUT2D eigenvalue weighted by atomic mass is 35.5. The third-order valence-electron chi connectivity index (χ3n) is 5.95. The number of halogens is 2. The summed E-state index contributed by atoms with van der Waals surface area (Å²) in [4.78, 5) is 13.4. The second-order valence-corrected chi connectivity index (χ2v) is 11.4. The van der Waals surface area contributed by atoms with Crippen molar-refractivity contribution in [2.45, 2.75) is 77.0 Å². The first-order valence-electron chi connectivity index (χ1n) is 11.2. The van der Waals surface area contributed by atoms with Crippen molar-refractivity contribution in [2.24, 2.45) is 5.41 Å². The van der Waals surface area contributed by atoms with Crippen molar-refractivity contribution in [3.63, 3.8) is 0 Å². The number of nitriles is 1. The SMILES string of the molecule is CC(C)(C)CC1N[C@@H](C(=O)OC(C)(C)C)[C@H](c2ccccc2)[C@@]1(C#N)c1ccc(Cl)cc1F. The van der Waals surface area contributed by atoms with Crippen LogP contribution in [-0.4, -0.2) is 23.7 Å². The Morgan fingerprint density at radius 3 is 2.30 bits per heavy atom. The number of hydrogen-bond donors (Lipinski definition) is 1. The van der Waals surface area contributed by atoms with E-state index in [2.05, 4.69) is 32.2 Å². The van der Waals surface area contributed by atoms with Gasteiger partial charge in [0.15, 0.2) is 0 Å². The lowest BCUT2D eigenvalue weighted by molar-refractivity contribution is -0.157. The van der Waals surface area contributed by atoms with Crippen LogP contribution in [0, 0.1) is 22.6 Å². The summed E-state index contributed by atoms with van der Waals surface area (Å²) in [6.45, 7) is 11.6. The van der Waals surface area contributed by atoms with Gasteiger partial charge in [-0.15, -0.1) is 0 Å². The molecule has 4 nitrogen and oxygen atoms in total. The molecule has 0 aliphatic carbocycles. The van der Waals surface area contributed by atoms with Crippen molar-refractivity contribution in [2.75, 3.05) is 0 Å². The molecule has 1 N–H and O–H groups in total. The van der Waals surface area contributed by atoms with Gasteiger partial charge < -0.3 is 4.74 Å². The van der Waals surface area contributed by atoms with Crippen LogP contribution >= 0.6 is 11.6 Å². The van der Waals surface area contributed by atoms with Crippen molar-refractivity contribution >= 4 is 17.6 Å². The van der Waals surface area contributed by atoms with E-state index in [9.17, 15) is 10.1 Å². The third-order valence-corrected chi connectivity index (χ3v) is 6.19. The van der Waals surface area contributed by atoms with E-state index >= 15 is 4.39 Å². The van der Waals surface area contributed by atoms with Crippen LogP contribution in [0.25, 0.3) is 0 Å². The number of nitrogens with zero attached hydrogens (tertiary/aromatic N) is 1. The van der Waals surface area contributed by atoms with Gasteiger partial charge in [0.1, 0.15) is 22.9 Å². The van der Waals surface area contributed by atoms with Crippen molar-refractivity contribution in [1.82, 2.24) is 5.32 Å². The quantitative estimate of drug-likeness (QED) is 0.545. The first-order valence-corrected chi connectivity index (χ1v) is 11.6. The van der Waals surface area contributed by atoms with E-state index in [1.54, 1.807) is 32.9 Å². The lowest BCUT2D eigenvalue weighted by Gasteiger charge is -2.37. The van der Waals surface area contributed by atoms with Crippen molar-refractivity contribution in [1.29, 1.82) is 5.26 Å². The predicted octanol–water partition coefficient (Wildman–Crippen LogP) is 6.14. The summed E-state index contributed by atoms with van der Waals surface area (Å²) < 4.78 is 21.2. The summed E-state index contributed by atoms with van der Waals surface area (Å²) in [5.41, 5.74) is -1.25. The summed E-state index contributed by atoms with van der Waals surface area (Å²) in [6.07, 6.45) is 0.547. The zero-order valence-corrected chi connectivity index (χ0v) is 20.8. The molecule has 4 atom stereocenters. The molecule has 1 saturated heterocycles. The van der Waals surface area contributed by atoms with Gasteiger partial charge in [0.05, 0.1) is 6.07 Å². The van der Waals surface area contributed by atoms with E-state index in [0.717, 1.165) is 5.56 Å². The number of nitrogens with one attached hydrogen (secondary N) is 1. The molecule has 0 spiro atoms. The molecule has 1 fully saturated rings. The van der Waals surface area contributed by atoms with Crippen LogP contribution in [0.4, 0.5) is 4.39 Å². The molecule has 0 amide bonds. The fraction of sp³-hybridized carbons (Fsp3) is 0.481. The highest BCUT2D eigenvalue weighted by Gasteiger charge is 2.61. The minimum Gasteiger partial charge on any atom is -0.459 e. The average molecular weight is 471 g/mol. The predicted molar refractivity (Wildman–Crippen MR) is 129 cm³/mol. The lowest BCUT2D eigenvalue weighted by Crippen LogP contribution is -2.44. The molecule has 176 valence electrons. The highest BCUT2D eigenvalue weighted by Crippen LogP contribution is 2.52. The molecule has 0 saturated carbocycles. The number of ether oxygens (including phenoxy) is 1. The Morgan fingerprint density at radius 2 is 1.79 bits per heavy atom. The van der Waals surface area contributed by atoms with Gasteiger partial charge in [-0.3, -0.25) is 10.1 Å². The topological polar surface area (TPSA) is 62.1 Å². The smallest absolute Gasteiger partial charge is 0.324 e. The monoisotopic (exact) mass is 470 g/mol. The number of esters is 1. The van der Waals surface area contributed by atoms with Gasteiger partial charge in [0.25, 0.3) is 0 Å². The van der Waals surface area contributed by atoms with Gasteiger partial charge in [-0.05, 0) is 50.3 Å². The number of carbonyl (C=O) groups excluding carboxylic acids is 1. The highest BCUT2D eigenvalue weighted by molar-refractivity contribution is 6.30. The average Bonchev–Trinajstić information content (AvgIpc) is 3.00. The van der Waals surface area contributed by atoms with Crippen LogP contribution in [0.2, 0.25) is 5.02 Å². The van der Waals surface area contributed by atoms with E-state index in [-0.39, 0.29) is 16.0 Å². The van der Waals surface area contributed by atoms with Crippen LogP contribution in [0.5, 0.6) is 0 Å². The third kappa shape index (κ3) is 5.23. The summed E-state index contributed by atoms with van der Waals surface area (Å²) >= 11 is 6.05. The van der Waals surface area contributed by atoms with Gasteiger partial charge in [0.2, 0.25) is 0 Å². The van der Waals surface area contributed by atoms with Crippen molar-refractivity contribution in [3.8, 4) is 6.07 Å². The van der Waals surface area contributed by atoms with Gasteiger partial charge in [-0.1, -0.05) is 68.8 Å². The van der Waals surface area contributed by atoms with Crippen molar-refractivity contribution in [3.05, 3.63) is 70.5 Å². The fourth-order valence-corrected chi connectivity index (χ4v) is 4.99. The Morgan fingerprint density at radius 1 is 1.15 bits per heavy atom. The van der Waals surface area contributed by atoms with Crippen LogP contribution in [0.3, 0.4) is 0 Å². The summed E-state index contributed by atoms with van der Waals surface area (Å²) in [7, 11) is 0. The minimum atomic E-state index is -1.36. The maximum absolute atomic E-state index is 15.4. The molecule has 1 aliphatic heterocycles. The largest absolute Gasteiger partial charge is 0.459 e. The molecule has 6 heteroatoms. The minimum absolute atomic E-state index is 0.188. The molecular formula is C27H32ClFN2O2. The Labute approximate surface area is 201 Å². The second-order valence-electron chi connectivity index (χ2n) is 11.0. The first kappa shape index (κ1) is 25.2. The molecule has 0 aromatic heterocycles. The van der Waals surface area contributed by atoms with Gasteiger partial charge in [-0.2, -0.15) is 5.26 Å². The molecule has 0 radical (unpaired) electrons.